The molecule has 6 heteroatoms. The number of nitrogens with zero attached hydrogens (tertiary/aromatic N) is 2. The Labute approximate surface area is 183 Å². The molecule has 0 unspecified atom stereocenters. The van der Waals surface area contributed by atoms with E-state index in [1.807, 2.05) is 55.5 Å². The molecule has 1 aromatic heterocycles. The number of aryl methyl sites for hydroxylation is 2. The van der Waals surface area contributed by atoms with Gasteiger partial charge in [-0.05, 0) is 31.0 Å². The van der Waals surface area contributed by atoms with Crippen LogP contribution >= 0.6 is 0 Å². The lowest BCUT2D eigenvalue weighted by molar-refractivity contribution is -0.117. The zero-order chi connectivity index (χ0) is 21.8. The third kappa shape index (κ3) is 4.86. The van der Waals surface area contributed by atoms with Crippen molar-refractivity contribution in [1.29, 1.82) is 0 Å². The smallest absolute Gasteiger partial charge is 0.238 e. The molecule has 0 spiro atoms. The summed E-state index contributed by atoms with van der Waals surface area (Å²) >= 11 is 0. The van der Waals surface area contributed by atoms with E-state index in [0.717, 1.165) is 66.0 Å². The lowest BCUT2D eigenvalue weighted by atomic mass is 10.1. The number of nitrogens with one attached hydrogen (secondary N) is 2. The normalized spacial score (nSPS) is 15.3. The van der Waals surface area contributed by atoms with Crippen LogP contribution in [0.25, 0.3) is 10.9 Å². The number of anilines is 1. The topological polar surface area (TPSA) is 68.4 Å². The van der Waals surface area contributed by atoms with Crippen LogP contribution in [0.5, 0.6) is 0 Å². The van der Waals surface area contributed by atoms with Gasteiger partial charge in [0.1, 0.15) is 0 Å². The van der Waals surface area contributed by atoms with Gasteiger partial charge in [-0.15, -0.1) is 0 Å². The standard InChI is InChI=1S/C25H30N4O2/c1-3-19-8-4-6-10-21(19)27-24(31)17-29-14-12-28(13-15-29)16-23(30)25-18(2)26-22-11-7-5-9-20(22)25/h4-11,26H,3,12-17H2,1-2H3,(H,27,31). The van der Waals surface area contributed by atoms with E-state index in [4.69, 9.17) is 0 Å². The second kappa shape index (κ2) is 9.45. The van der Waals surface area contributed by atoms with E-state index in [1.165, 1.54) is 0 Å². The first-order valence-corrected chi connectivity index (χ1v) is 11.0. The summed E-state index contributed by atoms with van der Waals surface area (Å²) in [7, 11) is 0. The molecule has 0 atom stereocenters. The van der Waals surface area contributed by atoms with Crippen LogP contribution < -0.4 is 5.32 Å². The number of aromatic amines is 1. The Hall–Kier alpha value is -2.96. The quantitative estimate of drug-likeness (QED) is 0.577. The molecular weight excluding hydrogens is 388 g/mol. The third-order valence-electron chi connectivity index (χ3n) is 6.04. The highest BCUT2D eigenvalue weighted by molar-refractivity contribution is 6.10. The molecule has 0 saturated carbocycles. The lowest BCUT2D eigenvalue weighted by Gasteiger charge is -2.33. The first-order chi connectivity index (χ1) is 15.0. The molecule has 6 nitrogen and oxygen atoms in total. The summed E-state index contributed by atoms with van der Waals surface area (Å²) in [4.78, 5) is 33.1. The van der Waals surface area contributed by atoms with Gasteiger partial charge in [-0.2, -0.15) is 0 Å². The molecule has 162 valence electrons. The first-order valence-electron chi connectivity index (χ1n) is 11.0. The summed E-state index contributed by atoms with van der Waals surface area (Å²) in [6.07, 6.45) is 0.888. The van der Waals surface area contributed by atoms with Crippen LogP contribution in [-0.2, 0) is 11.2 Å². The van der Waals surface area contributed by atoms with E-state index in [2.05, 4.69) is 27.0 Å². The molecule has 2 heterocycles. The maximum Gasteiger partial charge on any atom is 0.238 e. The molecule has 4 rings (SSSR count). The van der Waals surface area contributed by atoms with Crippen molar-refractivity contribution < 1.29 is 9.59 Å². The highest BCUT2D eigenvalue weighted by Gasteiger charge is 2.23. The van der Waals surface area contributed by atoms with Gasteiger partial charge in [0.15, 0.2) is 5.78 Å². The van der Waals surface area contributed by atoms with Crippen molar-refractivity contribution in [3.05, 3.63) is 65.4 Å². The molecule has 0 bridgehead atoms. The van der Waals surface area contributed by atoms with Crippen molar-refractivity contribution >= 4 is 28.3 Å². The van der Waals surface area contributed by atoms with Gasteiger partial charge in [0.2, 0.25) is 5.91 Å². The number of fused-ring (bicyclic) bond motifs is 1. The Morgan fingerprint density at radius 1 is 0.935 bits per heavy atom. The summed E-state index contributed by atoms with van der Waals surface area (Å²) < 4.78 is 0. The number of Topliss-reactive ketones (excluding diaryl/α,β-unsaturated/α-hetero) is 1. The number of amides is 1. The van der Waals surface area contributed by atoms with E-state index >= 15 is 0 Å². The van der Waals surface area contributed by atoms with Gasteiger partial charge in [0, 0.05) is 54.0 Å². The van der Waals surface area contributed by atoms with Gasteiger partial charge in [-0.3, -0.25) is 19.4 Å². The molecule has 31 heavy (non-hydrogen) atoms. The number of para-hydroxylation sites is 2. The van der Waals surface area contributed by atoms with Crippen molar-refractivity contribution in [1.82, 2.24) is 14.8 Å². The average Bonchev–Trinajstić information content (AvgIpc) is 3.11. The molecule has 1 amide bonds. The van der Waals surface area contributed by atoms with Crippen LogP contribution in [0.15, 0.2) is 48.5 Å². The Bertz CT molecular complexity index is 1080. The predicted molar refractivity (Wildman–Crippen MR) is 125 cm³/mol. The number of hydrogen-bond acceptors (Lipinski definition) is 4. The third-order valence-corrected chi connectivity index (χ3v) is 6.04. The molecule has 1 aliphatic rings. The van der Waals surface area contributed by atoms with Crippen LogP contribution in [0.1, 0.15) is 28.5 Å². The minimum Gasteiger partial charge on any atom is -0.358 e. The maximum atomic E-state index is 13.0. The second-order valence-electron chi connectivity index (χ2n) is 8.20. The Morgan fingerprint density at radius 2 is 1.58 bits per heavy atom. The summed E-state index contributed by atoms with van der Waals surface area (Å²) in [5.41, 5.74) is 4.77. The fourth-order valence-corrected chi connectivity index (χ4v) is 4.37. The van der Waals surface area contributed by atoms with Crippen LogP contribution in [0, 0.1) is 6.92 Å². The number of carbonyl (C=O) groups excluding carboxylic acids is 2. The number of carbonyl (C=O) groups is 2. The molecule has 1 saturated heterocycles. The van der Waals surface area contributed by atoms with Crippen LogP contribution in [0.4, 0.5) is 5.69 Å². The van der Waals surface area contributed by atoms with Gasteiger partial charge in [-0.25, -0.2) is 0 Å². The predicted octanol–water partition coefficient (Wildman–Crippen LogP) is 3.48. The summed E-state index contributed by atoms with van der Waals surface area (Å²) in [6.45, 7) is 7.96. The monoisotopic (exact) mass is 418 g/mol. The molecule has 2 aromatic carbocycles. The van der Waals surface area contributed by atoms with Gasteiger partial charge in [0.05, 0.1) is 13.1 Å². The van der Waals surface area contributed by atoms with E-state index in [0.29, 0.717) is 13.1 Å². The Morgan fingerprint density at radius 3 is 2.32 bits per heavy atom. The molecule has 2 N–H and O–H groups in total. The fraction of sp³-hybridized carbons (Fsp3) is 0.360. The lowest BCUT2D eigenvalue weighted by Crippen LogP contribution is -2.49. The van der Waals surface area contributed by atoms with Crippen molar-refractivity contribution in [2.24, 2.45) is 0 Å². The van der Waals surface area contributed by atoms with Crippen LogP contribution in [-0.4, -0.2) is 65.7 Å². The Balaban J connectivity index is 1.29. The maximum absolute atomic E-state index is 13.0. The van der Waals surface area contributed by atoms with Crippen molar-refractivity contribution in [2.75, 3.05) is 44.6 Å². The highest BCUT2D eigenvalue weighted by Crippen LogP contribution is 2.23. The molecule has 0 radical (unpaired) electrons. The van der Waals surface area contributed by atoms with Crippen molar-refractivity contribution in [3.63, 3.8) is 0 Å². The molecule has 1 fully saturated rings. The largest absolute Gasteiger partial charge is 0.358 e. The minimum atomic E-state index is 0.0137. The average molecular weight is 419 g/mol. The first kappa shape index (κ1) is 21.3. The number of H-pyrrole nitrogens is 1. The summed E-state index contributed by atoms with van der Waals surface area (Å²) in [5.74, 6) is 0.164. The fourth-order valence-electron chi connectivity index (χ4n) is 4.37. The number of rotatable bonds is 7. The van der Waals surface area contributed by atoms with Gasteiger partial charge in [-0.1, -0.05) is 43.3 Å². The van der Waals surface area contributed by atoms with E-state index in [9.17, 15) is 9.59 Å². The summed E-state index contributed by atoms with van der Waals surface area (Å²) in [5, 5.41) is 4.04. The molecule has 0 aliphatic carbocycles. The summed E-state index contributed by atoms with van der Waals surface area (Å²) in [6, 6.07) is 15.9. The number of hydrogen-bond donors (Lipinski definition) is 2. The van der Waals surface area contributed by atoms with E-state index in [-0.39, 0.29) is 11.7 Å². The number of ketones is 1. The second-order valence-corrected chi connectivity index (χ2v) is 8.20. The van der Waals surface area contributed by atoms with Gasteiger partial charge < -0.3 is 10.3 Å². The number of piperazine rings is 1. The van der Waals surface area contributed by atoms with Crippen LogP contribution in [0.2, 0.25) is 0 Å². The van der Waals surface area contributed by atoms with E-state index in [1.54, 1.807) is 0 Å². The molecule has 1 aliphatic heterocycles. The van der Waals surface area contributed by atoms with Crippen molar-refractivity contribution in [3.8, 4) is 0 Å². The van der Waals surface area contributed by atoms with Crippen LogP contribution in [0.3, 0.4) is 0 Å². The van der Waals surface area contributed by atoms with Crippen molar-refractivity contribution in [2.45, 2.75) is 20.3 Å². The zero-order valence-corrected chi connectivity index (χ0v) is 18.3. The Kier molecular flexibility index (Phi) is 6.49. The molecular formula is C25H30N4O2. The van der Waals surface area contributed by atoms with Gasteiger partial charge >= 0.3 is 0 Å². The number of aromatic nitrogens is 1. The molecule has 3 aromatic rings. The SMILES string of the molecule is CCc1ccccc1NC(=O)CN1CCN(CC(=O)c2c(C)[nH]c3ccccc23)CC1. The number of benzene rings is 2. The minimum absolute atomic E-state index is 0.0137. The van der Waals surface area contributed by atoms with Gasteiger partial charge in [0.25, 0.3) is 0 Å². The zero-order valence-electron chi connectivity index (χ0n) is 18.3. The van der Waals surface area contributed by atoms with E-state index < -0.39 is 0 Å². The highest BCUT2D eigenvalue weighted by atomic mass is 16.2.